The van der Waals surface area contributed by atoms with E-state index in [1.807, 2.05) is 0 Å². The van der Waals surface area contributed by atoms with Crippen molar-refractivity contribution in [3.05, 3.63) is 34.3 Å². The molecule has 134 valence electrons. The summed E-state index contributed by atoms with van der Waals surface area (Å²) in [5, 5.41) is 0. The molecular formula is C20H30O4. The van der Waals surface area contributed by atoms with Gasteiger partial charge in [-0.2, -0.15) is 0 Å². The third kappa shape index (κ3) is 4.59. The van der Waals surface area contributed by atoms with Crippen LogP contribution in [0.2, 0.25) is 0 Å². The number of hydrogen-bond donors (Lipinski definition) is 0. The first-order valence-electron chi connectivity index (χ1n) is 8.33. The van der Waals surface area contributed by atoms with Gasteiger partial charge in [0.2, 0.25) is 23.1 Å². The van der Waals surface area contributed by atoms with Crippen LogP contribution in [0, 0.1) is 11.3 Å². The Kier molecular flexibility index (Phi) is 6.58. The lowest BCUT2D eigenvalue weighted by atomic mass is 9.78. The number of Topliss-reactive ketones (excluding diaryl/α,β-unsaturated/α-hetero) is 2. The molecule has 24 heavy (non-hydrogen) atoms. The zero-order chi connectivity index (χ0) is 18.7. The Balaban J connectivity index is 3.16. The van der Waals surface area contributed by atoms with Crippen molar-refractivity contribution in [2.75, 3.05) is 14.2 Å². The SMILES string of the molecule is COC1=C(OC)C(=O)C(CC(C)(C)/C=C(\C)CC(C)C)=C(C)C1=O. The van der Waals surface area contributed by atoms with E-state index in [4.69, 9.17) is 9.47 Å². The van der Waals surface area contributed by atoms with Crippen molar-refractivity contribution >= 4 is 11.6 Å². The summed E-state index contributed by atoms with van der Waals surface area (Å²) in [7, 11) is 2.76. The summed E-state index contributed by atoms with van der Waals surface area (Å²) in [6.07, 6.45) is 3.71. The van der Waals surface area contributed by atoms with Crippen molar-refractivity contribution in [2.45, 2.75) is 54.4 Å². The van der Waals surface area contributed by atoms with Gasteiger partial charge in [-0.3, -0.25) is 9.59 Å². The number of ether oxygens (including phenoxy) is 2. The fourth-order valence-corrected chi connectivity index (χ4v) is 3.28. The average molecular weight is 334 g/mol. The first-order chi connectivity index (χ1) is 11.0. The minimum Gasteiger partial charge on any atom is -0.489 e. The predicted molar refractivity (Wildman–Crippen MR) is 95.4 cm³/mol. The first-order valence-corrected chi connectivity index (χ1v) is 8.33. The molecule has 0 bridgehead atoms. The summed E-state index contributed by atoms with van der Waals surface area (Å²) in [4.78, 5) is 25.2. The molecule has 0 aromatic rings. The highest BCUT2D eigenvalue weighted by Crippen LogP contribution is 2.35. The van der Waals surface area contributed by atoms with Crippen molar-refractivity contribution in [1.82, 2.24) is 0 Å². The largest absolute Gasteiger partial charge is 0.489 e. The molecule has 0 saturated carbocycles. The van der Waals surface area contributed by atoms with Crippen LogP contribution in [0.5, 0.6) is 0 Å². The second-order valence-electron chi connectivity index (χ2n) is 7.58. The van der Waals surface area contributed by atoms with Gasteiger partial charge in [-0.05, 0) is 38.0 Å². The lowest BCUT2D eigenvalue weighted by molar-refractivity contribution is -0.121. The van der Waals surface area contributed by atoms with Crippen molar-refractivity contribution < 1.29 is 19.1 Å². The maximum absolute atomic E-state index is 12.7. The van der Waals surface area contributed by atoms with Gasteiger partial charge >= 0.3 is 0 Å². The third-order valence-corrected chi connectivity index (χ3v) is 4.09. The second-order valence-corrected chi connectivity index (χ2v) is 7.58. The van der Waals surface area contributed by atoms with Crippen LogP contribution >= 0.6 is 0 Å². The van der Waals surface area contributed by atoms with Crippen LogP contribution in [-0.2, 0) is 19.1 Å². The molecule has 0 fully saturated rings. The van der Waals surface area contributed by atoms with Gasteiger partial charge in [-0.15, -0.1) is 0 Å². The normalized spacial score (nSPS) is 17.1. The van der Waals surface area contributed by atoms with Crippen molar-refractivity contribution in [1.29, 1.82) is 0 Å². The van der Waals surface area contributed by atoms with Crippen LogP contribution in [-0.4, -0.2) is 25.8 Å². The summed E-state index contributed by atoms with van der Waals surface area (Å²) < 4.78 is 10.2. The summed E-state index contributed by atoms with van der Waals surface area (Å²) in [6, 6.07) is 0. The van der Waals surface area contributed by atoms with Gasteiger partial charge in [0, 0.05) is 11.1 Å². The van der Waals surface area contributed by atoms with Gasteiger partial charge in [0.25, 0.3) is 0 Å². The number of methoxy groups -OCH3 is 2. The predicted octanol–water partition coefficient (Wildman–Crippen LogP) is 4.37. The number of carbonyl (C=O) groups excluding carboxylic acids is 2. The number of hydrogen-bond acceptors (Lipinski definition) is 4. The fraction of sp³-hybridized carbons (Fsp3) is 0.600. The first kappa shape index (κ1) is 20.2. The molecule has 0 heterocycles. The molecule has 0 radical (unpaired) electrons. The summed E-state index contributed by atoms with van der Waals surface area (Å²) in [5.41, 5.74) is 2.02. The van der Waals surface area contributed by atoms with Gasteiger partial charge in [-0.1, -0.05) is 39.3 Å². The van der Waals surface area contributed by atoms with E-state index in [0.717, 1.165) is 6.42 Å². The van der Waals surface area contributed by atoms with Gasteiger partial charge in [0.05, 0.1) is 14.2 Å². The Labute approximate surface area is 145 Å². The monoisotopic (exact) mass is 334 g/mol. The maximum Gasteiger partial charge on any atom is 0.228 e. The topological polar surface area (TPSA) is 52.6 Å². The Bertz CT molecular complexity index is 616. The van der Waals surface area contributed by atoms with E-state index in [-0.39, 0.29) is 28.5 Å². The van der Waals surface area contributed by atoms with Gasteiger partial charge < -0.3 is 9.47 Å². The quantitative estimate of drug-likeness (QED) is 0.512. The van der Waals surface area contributed by atoms with Crippen LogP contribution in [0.15, 0.2) is 34.3 Å². The Morgan fingerprint density at radius 3 is 2.04 bits per heavy atom. The molecule has 0 N–H and O–H groups in total. The molecule has 4 nitrogen and oxygen atoms in total. The van der Waals surface area contributed by atoms with Crippen molar-refractivity contribution in [3.8, 4) is 0 Å². The molecule has 1 rings (SSSR count). The molecule has 0 amide bonds. The van der Waals surface area contributed by atoms with Crippen LogP contribution in [0.4, 0.5) is 0 Å². The zero-order valence-corrected chi connectivity index (χ0v) is 16.2. The molecule has 0 saturated heterocycles. The van der Waals surface area contributed by atoms with Crippen LogP contribution in [0.1, 0.15) is 54.4 Å². The summed E-state index contributed by atoms with van der Waals surface area (Å²) in [5.74, 6) is 0.0510. The Morgan fingerprint density at radius 1 is 1.08 bits per heavy atom. The lowest BCUT2D eigenvalue weighted by Crippen LogP contribution is -2.27. The molecule has 0 spiro atoms. The summed E-state index contributed by atoms with van der Waals surface area (Å²) in [6.45, 7) is 12.3. The lowest BCUT2D eigenvalue weighted by Gasteiger charge is -2.27. The Hall–Kier alpha value is -1.84. The molecule has 0 aliphatic heterocycles. The highest BCUT2D eigenvalue weighted by Gasteiger charge is 2.36. The van der Waals surface area contributed by atoms with Crippen molar-refractivity contribution in [2.24, 2.45) is 11.3 Å². The van der Waals surface area contributed by atoms with E-state index in [9.17, 15) is 9.59 Å². The Morgan fingerprint density at radius 2 is 1.58 bits per heavy atom. The van der Waals surface area contributed by atoms with Crippen LogP contribution < -0.4 is 0 Å². The number of rotatable bonds is 7. The highest BCUT2D eigenvalue weighted by molar-refractivity contribution is 6.23. The van der Waals surface area contributed by atoms with E-state index in [1.54, 1.807) is 6.92 Å². The average Bonchev–Trinajstić information content (AvgIpc) is 2.45. The van der Waals surface area contributed by atoms with Gasteiger partial charge in [0.15, 0.2) is 0 Å². The molecule has 4 heteroatoms. The molecule has 0 aromatic carbocycles. The van der Waals surface area contributed by atoms with Crippen molar-refractivity contribution in [3.63, 3.8) is 0 Å². The van der Waals surface area contributed by atoms with E-state index in [0.29, 0.717) is 23.5 Å². The standard InChI is InChI=1S/C20H30O4/c1-12(2)9-13(3)10-20(5,6)11-15-14(4)16(21)18(23-7)19(24-8)17(15)22/h10,12H,9,11H2,1-8H3/b13-10+. The summed E-state index contributed by atoms with van der Waals surface area (Å²) >= 11 is 0. The molecule has 0 atom stereocenters. The number of ketones is 2. The van der Waals surface area contributed by atoms with E-state index < -0.39 is 0 Å². The zero-order valence-electron chi connectivity index (χ0n) is 16.2. The fourth-order valence-electron chi connectivity index (χ4n) is 3.28. The molecule has 1 aliphatic rings. The van der Waals surface area contributed by atoms with Crippen LogP contribution in [0.3, 0.4) is 0 Å². The van der Waals surface area contributed by atoms with Gasteiger partial charge in [0.1, 0.15) is 0 Å². The van der Waals surface area contributed by atoms with E-state index in [2.05, 4.69) is 40.7 Å². The highest BCUT2D eigenvalue weighted by atomic mass is 16.5. The minimum absolute atomic E-state index is 0.00165. The smallest absolute Gasteiger partial charge is 0.228 e. The number of carbonyl (C=O) groups is 2. The minimum atomic E-state index is -0.275. The van der Waals surface area contributed by atoms with Crippen LogP contribution in [0.25, 0.3) is 0 Å². The molecular weight excluding hydrogens is 304 g/mol. The second kappa shape index (κ2) is 7.82. The van der Waals surface area contributed by atoms with Gasteiger partial charge in [-0.25, -0.2) is 0 Å². The van der Waals surface area contributed by atoms with E-state index >= 15 is 0 Å². The number of allylic oxidation sites excluding steroid dienone is 4. The molecule has 1 aliphatic carbocycles. The molecule has 0 unspecified atom stereocenters. The maximum atomic E-state index is 12.7. The molecule has 0 aromatic heterocycles. The van der Waals surface area contributed by atoms with E-state index in [1.165, 1.54) is 19.8 Å². The third-order valence-electron chi connectivity index (χ3n) is 4.09.